The van der Waals surface area contributed by atoms with Gasteiger partial charge in [-0.1, -0.05) is 48.0 Å². The van der Waals surface area contributed by atoms with Crippen LogP contribution >= 0.6 is 23.8 Å². The molecule has 0 aliphatic rings. The summed E-state index contributed by atoms with van der Waals surface area (Å²) in [5.41, 5.74) is 0.253. The third-order valence-electron chi connectivity index (χ3n) is 4.38. The molecule has 4 aromatic rings. The Bertz CT molecular complexity index is 1390. The summed E-state index contributed by atoms with van der Waals surface area (Å²) in [6.07, 6.45) is 1.27. The number of H-pyrrole nitrogens is 1. The van der Waals surface area contributed by atoms with Gasteiger partial charge in [0.25, 0.3) is 5.56 Å². The van der Waals surface area contributed by atoms with Crippen LogP contribution in [0.4, 0.5) is 10.1 Å². The van der Waals surface area contributed by atoms with Crippen LogP contribution < -0.4 is 5.56 Å². The molecule has 0 radical (unpaired) electrons. The maximum Gasteiger partial charge on any atom is 0.264 e. The average molecular weight is 426 g/mol. The molecule has 144 valence electrons. The van der Waals surface area contributed by atoms with E-state index in [1.54, 1.807) is 6.07 Å². The van der Waals surface area contributed by atoms with Gasteiger partial charge in [0.2, 0.25) is 5.88 Å². The van der Waals surface area contributed by atoms with E-state index in [2.05, 4.69) is 9.98 Å². The van der Waals surface area contributed by atoms with Gasteiger partial charge in [-0.25, -0.2) is 4.39 Å². The van der Waals surface area contributed by atoms with Crippen LogP contribution in [0.5, 0.6) is 5.88 Å². The topological polar surface area (TPSA) is 70.4 Å². The third kappa shape index (κ3) is 3.57. The molecule has 0 saturated heterocycles. The van der Waals surface area contributed by atoms with Crippen LogP contribution in [0.15, 0.2) is 70.5 Å². The predicted octanol–water partition coefficient (Wildman–Crippen LogP) is 5.30. The zero-order chi connectivity index (χ0) is 20.5. The summed E-state index contributed by atoms with van der Waals surface area (Å²) in [5, 5.41) is 12.5. The van der Waals surface area contributed by atoms with Crippen molar-refractivity contribution < 1.29 is 9.50 Å². The summed E-state index contributed by atoms with van der Waals surface area (Å²) in [6, 6.07) is 17.1. The van der Waals surface area contributed by atoms with E-state index in [0.29, 0.717) is 11.4 Å². The SMILES string of the molecule is O=c1[nH]c(=S)n(-c2ccc(F)c(Cl)c2)c(O)c1C=Nc1cccc2ccccc12. The van der Waals surface area contributed by atoms with Gasteiger partial charge in [0.15, 0.2) is 4.77 Å². The largest absolute Gasteiger partial charge is 0.494 e. The first-order valence-electron chi connectivity index (χ1n) is 8.51. The Morgan fingerprint density at radius 3 is 2.69 bits per heavy atom. The second-order valence-electron chi connectivity index (χ2n) is 6.19. The number of hydrogen-bond acceptors (Lipinski definition) is 4. The van der Waals surface area contributed by atoms with E-state index in [1.807, 2.05) is 36.4 Å². The molecule has 0 bridgehead atoms. The van der Waals surface area contributed by atoms with E-state index in [4.69, 9.17) is 23.8 Å². The number of nitrogens with zero attached hydrogens (tertiary/aromatic N) is 2. The fourth-order valence-corrected chi connectivity index (χ4v) is 3.43. The van der Waals surface area contributed by atoms with E-state index in [1.165, 1.54) is 22.9 Å². The van der Waals surface area contributed by atoms with Crippen molar-refractivity contribution in [1.29, 1.82) is 0 Å². The molecular formula is C21H13ClFN3O2S. The monoisotopic (exact) mass is 425 g/mol. The number of fused-ring (bicyclic) bond motifs is 1. The molecular weight excluding hydrogens is 413 g/mol. The first-order chi connectivity index (χ1) is 14.0. The Morgan fingerprint density at radius 2 is 1.90 bits per heavy atom. The van der Waals surface area contributed by atoms with Crippen molar-refractivity contribution in [2.45, 2.75) is 0 Å². The van der Waals surface area contributed by atoms with Crippen molar-refractivity contribution in [3.05, 3.63) is 92.2 Å². The van der Waals surface area contributed by atoms with E-state index in [9.17, 15) is 14.3 Å². The maximum absolute atomic E-state index is 13.5. The molecule has 0 spiro atoms. The number of aromatic hydroxyl groups is 1. The summed E-state index contributed by atoms with van der Waals surface area (Å²) >= 11 is 11.0. The van der Waals surface area contributed by atoms with Gasteiger partial charge in [0.1, 0.15) is 11.4 Å². The van der Waals surface area contributed by atoms with Crippen LogP contribution in [-0.4, -0.2) is 20.9 Å². The molecule has 3 aromatic carbocycles. The lowest BCUT2D eigenvalue weighted by Crippen LogP contribution is -2.18. The van der Waals surface area contributed by atoms with Gasteiger partial charge >= 0.3 is 0 Å². The molecule has 0 aliphatic heterocycles. The molecule has 0 amide bonds. The molecule has 29 heavy (non-hydrogen) atoms. The average Bonchev–Trinajstić information content (AvgIpc) is 2.70. The molecule has 4 rings (SSSR count). The maximum atomic E-state index is 13.5. The minimum atomic E-state index is -0.608. The second kappa shape index (κ2) is 7.62. The summed E-state index contributed by atoms with van der Waals surface area (Å²) in [4.78, 5) is 19.2. The van der Waals surface area contributed by atoms with Crippen LogP contribution in [0, 0.1) is 10.6 Å². The van der Waals surface area contributed by atoms with Crippen LogP contribution in [0.1, 0.15) is 5.56 Å². The number of rotatable bonds is 3. The number of hydrogen-bond donors (Lipinski definition) is 2. The zero-order valence-corrected chi connectivity index (χ0v) is 16.3. The van der Waals surface area contributed by atoms with E-state index < -0.39 is 17.3 Å². The highest BCUT2D eigenvalue weighted by Crippen LogP contribution is 2.27. The van der Waals surface area contributed by atoms with Crippen molar-refractivity contribution in [2.75, 3.05) is 0 Å². The molecule has 1 aromatic heterocycles. The molecule has 0 atom stereocenters. The fraction of sp³-hybridized carbons (Fsp3) is 0. The van der Waals surface area contributed by atoms with Gasteiger partial charge in [0, 0.05) is 11.6 Å². The van der Waals surface area contributed by atoms with E-state index >= 15 is 0 Å². The lowest BCUT2D eigenvalue weighted by molar-refractivity contribution is 0.432. The normalized spacial score (nSPS) is 11.4. The third-order valence-corrected chi connectivity index (χ3v) is 4.96. The van der Waals surface area contributed by atoms with Crippen molar-refractivity contribution in [1.82, 2.24) is 9.55 Å². The van der Waals surface area contributed by atoms with Crippen molar-refractivity contribution in [3.8, 4) is 11.6 Å². The highest BCUT2D eigenvalue weighted by molar-refractivity contribution is 7.71. The number of aromatic nitrogens is 2. The van der Waals surface area contributed by atoms with Gasteiger partial charge in [-0.2, -0.15) is 0 Å². The fourth-order valence-electron chi connectivity index (χ4n) is 2.97. The Kier molecular flexibility index (Phi) is 5.00. The van der Waals surface area contributed by atoms with E-state index in [-0.39, 0.29) is 15.4 Å². The molecule has 0 fully saturated rings. The first-order valence-corrected chi connectivity index (χ1v) is 9.30. The van der Waals surface area contributed by atoms with Gasteiger partial charge in [-0.3, -0.25) is 19.3 Å². The van der Waals surface area contributed by atoms with Crippen molar-refractivity contribution >= 4 is 46.5 Å². The lowest BCUT2D eigenvalue weighted by Gasteiger charge is -2.11. The molecule has 0 unspecified atom stereocenters. The van der Waals surface area contributed by atoms with Gasteiger partial charge in [-0.05, 0) is 41.9 Å². The highest BCUT2D eigenvalue weighted by atomic mass is 35.5. The number of benzene rings is 3. The molecule has 2 N–H and O–H groups in total. The van der Waals surface area contributed by atoms with Crippen LogP contribution in [0.3, 0.4) is 0 Å². The van der Waals surface area contributed by atoms with Crippen molar-refractivity contribution in [3.63, 3.8) is 0 Å². The number of aromatic amines is 1. The highest BCUT2D eigenvalue weighted by Gasteiger charge is 2.14. The molecule has 8 heteroatoms. The van der Waals surface area contributed by atoms with Gasteiger partial charge in [0.05, 0.1) is 16.4 Å². The zero-order valence-electron chi connectivity index (χ0n) is 14.8. The second-order valence-corrected chi connectivity index (χ2v) is 6.98. The summed E-state index contributed by atoms with van der Waals surface area (Å²) < 4.78 is 14.6. The minimum absolute atomic E-state index is 0.0579. The van der Waals surface area contributed by atoms with Crippen LogP contribution in [-0.2, 0) is 0 Å². The molecule has 0 aliphatic carbocycles. The van der Waals surface area contributed by atoms with Crippen LogP contribution in [0.25, 0.3) is 16.5 Å². The van der Waals surface area contributed by atoms with Gasteiger partial charge < -0.3 is 5.11 Å². The Balaban J connectivity index is 1.86. The Morgan fingerprint density at radius 1 is 1.14 bits per heavy atom. The van der Waals surface area contributed by atoms with Crippen LogP contribution in [0.2, 0.25) is 5.02 Å². The molecule has 1 heterocycles. The lowest BCUT2D eigenvalue weighted by atomic mass is 10.1. The summed E-state index contributed by atoms with van der Waals surface area (Å²) in [5.74, 6) is -1.03. The molecule has 5 nitrogen and oxygen atoms in total. The smallest absolute Gasteiger partial charge is 0.264 e. The minimum Gasteiger partial charge on any atom is -0.494 e. The standard InChI is InChI=1S/C21H13ClFN3O2S/c22-16-10-13(8-9-17(16)23)26-20(28)15(19(27)25-21(26)29)11-24-18-7-3-5-12-4-1-2-6-14(12)18/h1-11,28H,(H,25,27,29). The number of halogens is 2. The van der Waals surface area contributed by atoms with Crippen molar-refractivity contribution in [2.24, 2.45) is 4.99 Å². The summed E-state index contributed by atoms with van der Waals surface area (Å²) in [7, 11) is 0. The summed E-state index contributed by atoms with van der Waals surface area (Å²) in [6.45, 7) is 0. The quantitative estimate of drug-likeness (QED) is 0.346. The Hall–Kier alpha value is -3.29. The van der Waals surface area contributed by atoms with Gasteiger partial charge in [-0.15, -0.1) is 0 Å². The first kappa shape index (κ1) is 19.0. The number of nitrogens with one attached hydrogen (secondary N) is 1. The van der Waals surface area contributed by atoms with E-state index in [0.717, 1.165) is 16.8 Å². The molecule has 0 saturated carbocycles. The number of aliphatic imine (C=N–C) groups is 1. The Labute approximate surface area is 174 Å². The predicted molar refractivity (Wildman–Crippen MR) is 115 cm³/mol.